The Balaban J connectivity index is 0.00000364. The van der Waals surface area contributed by atoms with Crippen LogP contribution in [-0.4, -0.2) is 55.0 Å². The molecule has 0 saturated heterocycles. The van der Waals surface area contributed by atoms with Crippen molar-refractivity contribution in [1.29, 1.82) is 0 Å². The Morgan fingerprint density at radius 1 is 1.26 bits per heavy atom. The zero-order valence-electron chi connectivity index (χ0n) is 16.6. The third kappa shape index (κ3) is 7.56. The maximum atomic E-state index is 6.02. The van der Waals surface area contributed by atoms with Gasteiger partial charge in [0, 0.05) is 24.0 Å². The molecule has 1 N–H and O–H groups in total. The van der Waals surface area contributed by atoms with E-state index in [2.05, 4.69) is 58.6 Å². The average Bonchev–Trinajstić information content (AvgIpc) is 3.00. The van der Waals surface area contributed by atoms with Crippen molar-refractivity contribution in [2.75, 3.05) is 34.2 Å². The van der Waals surface area contributed by atoms with E-state index in [4.69, 9.17) is 16.6 Å². The highest BCUT2D eigenvalue weighted by atomic mass is 127. The molecule has 2 aromatic rings. The summed E-state index contributed by atoms with van der Waals surface area (Å²) in [5, 5.41) is 7.32. The second-order valence-corrected chi connectivity index (χ2v) is 7.94. The highest BCUT2D eigenvalue weighted by Crippen LogP contribution is 2.21. The normalized spacial score (nSPS) is 12.6. The van der Waals surface area contributed by atoms with Gasteiger partial charge in [-0.3, -0.25) is 4.99 Å². The lowest BCUT2D eigenvalue weighted by Gasteiger charge is -2.26. The number of nitrogens with zero attached hydrogens (tertiary/aromatic N) is 4. The molecule has 0 aliphatic rings. The maximum Gasteiger partial charge on any atom is 0.194 e. The number of aryl methyl sites for hydroxylation is 1. The number of halogens is 2. The van der Waals surface area contributed by atoms with Crippen molar-refractivity contribution < 1.29 is 0 Å². The van der Waals surface area contributed by atoms with Gasteiger partial charge in [-0.2, -0.15) is 0 Å². The summed E-state index contributed by atoms with van der Waals surface area (Å²) in [6, 6.07) is 8.18. The highest BCUT2D eigenvalue weighted by molar-refractivity contribution is 14.0. The summed E-state index contributed by atoms with van der Waals surface area (Å²) < 4.78 is 0. The van der Waals surface area contributed by atoms with Crippen LogP contribution in [-0.2, 0) is 6.54 Å². The molecule has 150 valence electrons. The number of guanidine groups is 1. The number of benzene rings is 1. The van der Waals surface area contributed by atoms with Gasteiger partial charge in [-0.15, -0.1) is 35.3 Å². The predicted octanol–water partition coefficient (Wildman–Crippen LogP) is 4.42. The Morgan fingerprint density at radius 3 is 2.44 bits per heavy atom. The molecule has 0 fully saturated rings. The molecule has 2 rings (SSSR count). The molecule has 5 nitrogen and oxygen atoms in total. The lowest BCUT2D eigenvalue weighted by molar-refractivity contribution is 0.305. The number of thiazole rings is 1. The molecule has 0 aliphatic carbocycles. The van der Waals surface area contributed by atoms with E-state index >= 15 is 0 Å². The Morgan fingerprint density at radius 2 is 1.93 bits per heavy atom. The second kappa shape index (κ2) is 11.8. The molecule has 1 aromatic heterocycles. The standard InChI is InChI=1S/C19H28ClN5S.HI/c1-6-21-19(25(5)12-17-13-26-14(2)23-17)22-11-18(24(3)4)15-7-9-16(20)10-8-15;/h7-10,13,18H,6,11-12H2,1-5H3,(H,21,22);1H. The molecule has 0 radical (unpaired) electrons. The van der Waals surface area contributed by atoms with Crippen LogP contribution in [0.25, 0.3) is 0 Å². The fourth-order valence-corrected chi connectivity index (χ4v) is 3.42. The molecule has 1 atom stereocenters. The smallest absolute Gasteiger partial charge is 0.194 e. The van der Waals surface area contributed by atoms with E-state index in [1.165, 1.54) is 5.56 Å². The molecular weight excluding hydrogens is 493 g/mol. The van der Waals surface area contributed by atoms with E-state index in [1.807, 2.05) is 26.1 Å². The van der Waals surface area contributed by atoms with Crippen molar-refractivity contribution in [2.45, 2.75) is 26.4 Å². The molecular formula is C19H29ClIN5S. The van der Waals surface area contributed by atoms with Crippen LogP contribution in [0.3, 0.4) is 0 Å². The summed E-state index contributed by atoms with van der Waals surface area (Å²) in [5.74, 6) is 0.888. The molecule has 0 saturated carbocycles. The first kappa shape index (κ1) is 24.1. The molecule has 1 unspecified atom stereocenters. The number of hydrogen-bond donors (Lipinski definition) is 1. The molecule has 0 aliphatic heterocycles. The number of aliphatic imine (C=N–C) groups is 1. The first-order valence-corrected chi connectivity index (χ1v) is 9.98. The highest BCUT2D eigenvalue weighted by Gasteiger charge is 2.15. The maximum absolute atomic E-state index is 6.02. The van der Waals surface area contributed by atoms with E-state index in [0.717, 1.165) is 34.8 Å². The second-order valence-electron chi connectivity index (χ2n) is 6.44. The van der Waals surface area contributed by atoms with Crippen LogP contribution in [0, 0.1) is 6.92 Å². The fourth-order valence-electron chi connectivity index (χ4n) is 2.69. The van der Waals surface area contributed by atoms with Crippen molar-refractivity contribution in [2.24, 2.45) is 4.99 Å². The average molecular weight is 522 g/mol. The number of likely N-dealkylation sites (N-methyl/N-ethyl adjacent to an activating group) is 1. The minimum atomic E-state index is 0. The van der Waals surface area contributed by atoms with E-state index in [1.54, 1.807) is 11.3 Å². The molecule has 0 spiro atoms. The molecule has 1 heterocycles. The van der Waals surface area contributed by atoms with Crippen molar-refractivity contribution in [3.8, 4) is 0 Å². The van der Waals surface area contributed by atoms with Gasteiger partial charge in [0.05, 0.1) is 29.8 Å². The SMILES string of the molecule is CCNC(=NCC(c1ccc(Cl)cc1)N(C)C)N(C)Cc1csc(C)n1.I. The number of aromatic nitrogens is 1. The van der Waals surface area contributed by atoms with Crippen LogP contribution in [0.1, 0.15) is 29.2 Å². The monoisotopic (exact) mass is 521 g/mol. The van der Waals surface area contributed by atoms with E-state index in [9.17, 15) is 0 Å². The zero-order chi connectivity index (χ0) is 19.1. The molecule has 1 aromatic carbocycles. The first-order valence-electron chi connectivity index (χ1n) is 8.73. The number of nitrogens with one attached hydrogen (secondary N) is 1. The molecule has 27 heavy (non-hydrogen) atoms. The van der Waals surface area contributed by atoms with Gasteiger partial charge >= 0.3 is 0 Å². The molecule has 8 heteroatoms. The summed E-state index contributed by atoms with van der Waals surface area (Å²) in [5.41, 5.74) is 2.28. The van der Waals surface area contributed by atoms with Gasteiger partial charge < -0.3 is 15.1 Å². The number of rotatable bonds is 7. The van der Waals surface area contributed by atoms with Gasteiger partial charge in [0.15, 0.2) is 5.96 Å². The van der Waals surface area contributed by atoms with Crippen molar-refractivity contribution in [3.63, 3.8) is 0 Å². The van der Waals surface area contributed by atoms with Gasteiger partial charge in [-0.1, -0.05) is 23.7 Å². The summed E-state index contributed by atoms with van der Waals surface area (Å²) in [4.78, 5) is 13.7. The topological polar surface area (TPSA) is 43.8 Å². The van der Waals surface area contributed by atoms with Crippen LogP contribution in [0.5, 0.6) is 0 Å². The molecule has 0 bridgehead atoms. The van der Waals surface area contributed by atoms with Crippen LogP contribution < -0.4 is 5.32 Å². The third-order valence-corrected chi connectivity index (χ3v) is 5.13. The van der Waals surface area contributed by atoms with E-state index in [0.29, 0.717) is 6.54 Å². The van der Waals surface area contributed by atoms with Gasteiger partial charge in [0.25, 0.3) is 0 Å². The third-order valence-electron chi connectivity index (χ3n) is 4.05. The number of hydrogen-bond acceptors (Lipinski definition) is 4. The zero-order valence-corrected chi connectivity index (χ0v) is 20.5. The quantitative estimate of drug-likeness (QED) is 0.333. The summed E-state index contributed by atoms with van der Waals surface area (Å²) in [7, 11) is 6.19. The van der Waals surface area contributed by atoms with Gasteiger partial charge in [-0.25, -0.2) is 4.98 Å². The fraction of sp³-hybridized carbons (Fsp3) is 0.474. The van der Waals surface area contributed by atoms with E-state index < -0.39 is 0 Å². The lowest BCUT2D eigenvalue weighted by Crippen LogP contribution is -2.39. The van der Waals surface area contributed by atoms with Crippen LogP contribution in [0.2, 0.25) is 5.02 Å². The lowest BCUT2D eigenvalue weighted by atomic mass is 10.1. The van der Waals surface area contributed by atoms with Gasteiger partial charge in [-0.05, 0) is 45.6 Å². The van der Waals surface area contributed by atoms with Crippen molar-refractivity contribution in [1.82, 2.24) is 20.1 Å². The van der Waals surface area contributed by atoms with Crippen LogP contribution in [0.15, 0.2) is 34.6 Å². The van der Waals surface area contributed by atoms with Gasteiger partial charge in [0.1, 0.15) is 0 Å². The summed E-state index contributed by atoms with van der Waals surface area (Å²) >= 11 is 7.70. The Labute approximate surface area is 188 Å². The molecule has 0 amide bonds. The van der Waals surface area contributed by atoms with Gasteiger partial charge in [0.2, 0.25) is 0 Å². The van der Waals surface area contributed by atoms with Crippen LogP contribution in [0.4, 0.5) is 0 Å². The Hall–Kier alpha value is -0.900. The first-order chi connectivity index (χ1) is 12.4. The largest absolute Gasteiger partial charge is 0.357 e. The van der Waals surface area contributed by atoms with Crippen LogP contribution >= 0.6 is 46.9 Å². The predicted molar refractivity (Wildman–Crippen MR) is 128 cm³/mol. The summed E-state index contributed by atoms with van der Waals surface area (Å²) in [6.07, 6.45) is 0. The summed E-state index contributed by atoms with van der Waals surface area (Å²) in [6.45, 7) is 6.34. The van der Waals surface area contributed by atoms with Crippen molar-refractivity contribution >= 4 is 52.9 Å². The minimum absolute atomic E-state index is 0. The van der Waals surface area contributed by atoms with Crippen molar-refractivity contribution in [3.05, 3.63) is 50.9 Å². The van der Waals surface area contributed by atoms with E-state index in [-0.39, 0.29) is 30.0 Å². The minimum Gasteiger partial charge on any atom is -0.357 e. The Bertz CT molecular complexity index is 717. The Kier molecular flexibility index (Phi) is 10.6.